The van der Waals surface area contributed by atoms with Gasteiger partial charge in [0, 0.05) is 31.0 Å². The van der Waals surface area contributed by atoms with Crippen molar-refractivity contribution in [1.29, 1.82) is 0 Å². The molecule has 0 bridgehead atoms. The highest BCUT2D eigenvalue weighted by Crippen LogP contribution is 2.19. The summed E-state index contributed by atoms with van der Waals surface area (Å²) in [5.74, 6) is 0.647. The van der Waals surface area contributed by atoms with Gasteiger partial charge in [-0.25, -0.2) is 9.97 Å². The summed E-state index contributed by atoms with van der Waals surface area (Å²) in [6.07, 6.45) is 8.85. The lowest BCUT2D eigenvalue weighted by Crippen LogP contribution is -1.90. The van der Waals surface area contributed by atoms with Crippen molar-refractivity contribution >= 4 is 21.7 Å². The molecule has 0 unspecified atom stereocenters. The first-order chi connectivity index (χ1) is 8.24. The zero-order chi connectivity index (χ0) is 11.8. The number of aromatic nitrogens is 5. The van der Waals surface area contributed by atoms with Crippen LogP contribution in [0.25, 0.3) is 17.2 Å². The van der Waals surface area contributed by atoms with E-state index >= 15 is 0 Å². The number of halogens is 1. The summed E-state index contributed by atoms with van der Waals surface area (Å²) in [6, 6.07) is 0. The fourth-order valence-electron chi connectivity index (χ4n) is 1.63. The number of hydrogen-bond donors (Lipinski definition) is 0. The van der Waals surface area contributed by atoms with Gasteiger partial charge in [-0.3, -0.25) is 14.4 Å². The molecule has 0 saturated heterocycles. The molecule has 3 rings (SSSR count). The van der Waals surface area contributed by atoms with Crippen LogP contribution in [0.2, 0.25) is 0 Å². The smallest absolute Gasteiger partial charge is 0.234 e. The minimum absolute atomic E-state index is 0.647. The molecular formula is C11H8BrN5. The van der Waals surface area contributed by atoms with Gasteiger partial charge < -0.3 is 0 Å². The Morgan fingerprint density at radius 1 is 1.12 bits per heavy atom. The lowest BCUT2D eigenvalue weighted by molar-refractivity contribution is 1.10. The average molecular weight is 290 g/mol. The Balaban J connectivity index is 2.22. The van der Waals surface area contributed by atoms with Gasteiger partial charge in [-0.2, -0.15) is 0 Å². The summed E-state index contributed by atoms with van der Waals surface area (Å²) in [7, 11) is 0. The van der Waals surface area contributed by atoms with Gasteiger partial charge in [-0.05, 0) is 22.9 Å². The highest BCUT2D eigenvalue weighted by atomic mass is 79.9. The Morgan fingerprint density at radius 3 is 2.76 bits per heavy atom. The van der Waals surface area contributed by atoms with E-state index in [1.165, 1.54) is 0 Å². The average Bonchev–Trinajstić information content (AvgIpc) is 2.72. The van der Waals surface area contributed by atoms with E-state index in [1.54, 1.807) is 18.6 Å². The molecule has 0 fully saturated rings. The van der Waals surface area contributed by atoms with Gasteiger partial charge in [0.25, 0.3) is 0 Å². The van der Waals surface area contributed by atoms with Crippen molar-refractivity contribution in [2.45, 2.75) is 6.92 Å². The van der Waals surface area contributed by atoms with E-state index in [0.717, 1.165) is 21.6 Å². The molecule has 5 nitrogen and oxygen atoms in total. The van der Waals surface area contributed by atoms with E-state index < -0.39 is 0 Å². The Kier molecular flexibility index (Phi) is 2.36. The van der Waals surface area contributed by atoms with Crippen LogP contribution in [-0.4, -0.2) is 24.3 Å². The van der Waals surface area contributed by atoms with Crippen LogP contribution in [0.5, 0.6) is 0 Å². The van der Waals surface area contributed by atoms with Crippen LogP contribution in [0.15, 0.2) is 35.5 Å². The first-order valence-electron chi connectivity index (χ1n) is 5.02. The fourth-order valence-corrected chi connectivity index (χ4v) is 1.96. The van der Waals surface area contributed by atoms with E-state index in [-0.39, 0.29) is 0 Å². The van der Waals surface area contributed by atoms with Crippen LogP contribution in [0.1, 0.15) is 5.69 Å². The largest absolute Gasteiger partial charge is 0.289 e. The third-order valence-electron chi connectivity index (χ3n) is 2.40. The topological polar surface area (TPSA) is 56.0 Å². The zero-order valence-electron chi connectivity index (χ0n) is 9.00. The fraction of sp³-hybridized carbons (Fsp3) is 0.0909. The molecule has 17 heavy (non-hydrogen) atoms. The number of nitrogens with zero attached hydrogens (tertiary/aromatic N) is 5. The van der Waals surface area contributed by atoms with Gasteiger partial charge in [0.1, 0.15) is 11.4 Å². The predicted octanol–water partition coefficient (Wildman–Crippen LogP) is 2.26. The second kappa shape index (κ2) is 3.89. The van der Waals surface area contributed by atoms with Crippen molar-refractivity contribution in [3.05, 3.63) is 41.2 Å². The minimum Gasteiger partial charge on any atom is -0.289 e. The maximum Gasteiger partial charge on any atom is 0.234 e. The van der Waals surface area contributed by atoms with E-state index in [4.69, 9.17) is 0 Å². The molecule has 0 radical (unpaired) electrons. The van der Waals surface area contributed by atoms with Gasteiger partial charge in [-0.15, -0.1) is 0 Å². The van der Waals surface area contributed by atoms with Crippen molar-refractivity contribution in [3.8, 4) is 11.4 Å². The van der Waals surface area contributed by atoms with E-state index in [2.05, 4.69) is 35.9 Å². The maximum absolute atomic E-state index is 4.41. The lowest BCUT2D eigenvalue weighted by atomic mass is 10.2. The summed E-state index contributed by atoms with van der Waals surface area (Å²) in [5, 5.41) is 0. The number of hydrogen-bond acceptors (Lipinski definition) is 4. The first-order valence-corrected chi connectivity index (χ1v) is 5.81. The van der Waals surface area contributed by atoms with Crippen molar-refractivity contribution in [1.82, 2.24) is 24.3 Å². The molecule has 0 aliphatic rings. The van der Waals surface area contributed by atoms with E-state index in [9.17, 15) is 0 Å². The Bertz CT molecular complexity index is 691. The summed E-state index contributed by atoms with van der Waals surface area (Å²) < 4.78 is 2.76. The number of rotatable bonds is 1. The van der Waals surface area contributed by atoms with Crippen LogP contribution in [0.3, 0.4) is 0 Å². The van der Waals surface area contributed by atoms with Gasteiger partial charge >= 0.3 is 0 Å². The maximum atomic E-state index is 4.41. The van der Waals surface area contributed by atoms with E-state index in [1.807, 2.05) is 23.7 Å². The molecule has 0 amide bonds. The summed E-state index contributed by atoms with van der Waals surface area (Å²) >= 11 is 3.37. The van der Waals surface area contributed by atoms with Crippen molar-refractivity contribution in [3.63, 3.8) is 0 Å². The Hall–Kier alpha value is -1.82. The van der Waals surface area contributed by atoms with E-state index in [0.29, 0.717) is 5.78 Å². The number of fused-ring (bicyclic) bond motifs is 1. The molecule has 6 heteroatoms. The molecule has 0 N–H and O–H groups in total. The highest BCUT2D eigenvalue weighted by Gasteiger charge is 2.09. The second-order valence-corrected chi connectivity index (χ2v) is 4.51. The molecule has 0 aliphatic carbocycles. The van der Waals surface area contributed by atoms with Crippen molar-refractivity contribution in [2.24, 2.45) is 0 Å². The quantitative estimate of drug-likeness (QED) is 0.690. The van der Waals surface area contributed by atoms with Crippen LogP contribution < -0.4 is 0 Å². The lowest BCUT2D eigenvalue weighted by Gasteiger charge is -1.97. The molecule has 0 aromatic carbocycles. The highest BCUT2D eigenvalue weighted by molar-refractivity contribution is 9.10. The number of aryl methyl sites for hydroxylation is 1. The second-order valence-electron chi connectivity index (χ2n) is 3.60. The molecule has 84 valence electrons. The predicted molar refractivity (Wildman–Crippen MR) is 66.5 cm³/mol. The molecule has 0 saturated carbocycles. The monoisotopic (exact) mass is 289 g/mol. The SMILES string of the molecule is Cc1nccnc1-c1cn2cc(Br)cnc2n1. The number of imidazole rings is 1. The van der Waals surface area contributed by atoms with Crippen LogP contribution in [-0.2, 0) is 0 Å². The Labute approximate surface area is 106 Å². The summed E-state index contributed by atoms with van der Waals surface area (Å²) in [5.41, 5.74) is 2.42. The van der Waals surface area contributed by atoms with Crippen LogP contribution in [0, 0.1) is 6.92 Å². The van der Waals surface area contributed by atoms with Crippen molar-refractivity contribution in [2.75, 3.05) is 0 Å². The van der Waals surface area contributed by atoms with Gasteiger partial charge in [-0.1, -0.05) is 0 Å². The molecule has 3 aromatic rings. The van der Waals surface area contributed by atoms with Crippen molar-refractivity contribution < 1.29 is 0 Å². The summed E-state index contributed by atoms with van der Waals surface area (Å²) in [4.78, 5) is 17.1. The molecule has 3 aromatic heterocycles. The van der Waals surface area contributed by atoms with Gasteiger partial charge in [0.2, 0.25) is 5.78 Å². The zero-order valence-corrected chi connectivity index (χ0v) is 10.6. The van der Waals surface area contributed by atoms with Gasteiger partial charge in [0.15, 0.2) is 0 Å². The molecule has 0 spiro atoms. The van der Waals surface area contributed by atoms with Crippen LogP contribution >= 0.6 is 15.9 Å². The Morgan fingerprint density at radius 2 is 1.94 bits per heavy atom. The molecular weight excluding hydrogens is 282 g/mol. The minimum atomic E-state index is 0.647. The normalized spacial score (nSPS) is 10.9. The first kappa shape index (κ1) is 10.3. The summed E-state index contributed by atoms with van der Waals surface area (Å²) in [6.45, 7) is 1.91. The third-order valence-corrected chi connectivity index (χ3v) is 2.81. The van der Waals surface area contributed by atoms with Gasteiger partial charge in [0.05, 0.1) is 10.2 Å². The van der Waals surface area contributed by atoms with Crippen LogP contribution in [0.4, 0.5) is 0 Å². The molecule has 0 atom stereocenters. The third kappa shape index (κ3) is 1.80. The molecule has 0 aliphatic heterocycles. The standard InChI is InChI=1S/C11H8BrN5/c1-7-10(14-3-2-13-7)9-6-17-5-8(12)4-15-11(17)16-9/h2-6H,1H3. The molecule has 3 heterocycles.